The molecule has 1 N–H and O–H groups in total. The molecule has 6 nitrogen and oxygen atoms in total. The highest BCUT2D eigenvalue weighted by molar-refractivity contribution is 7.99. The molecule has 3 aromatic rings. The molecule has 0 unspecified atom stereocenters. The lowest BCUT2D eigenvalue weighted by Gasteiger charge is -2.11. The van der Waals surface area contributed by atoms with Gasteiger partial charge in [0.15, 0.2) is 11.0 Å². The average Bonchev–Trinajstić information content (AvgIpc) is 3.12. The summed E-state index contributed by atoms with van der Waals surface area (Å²) in [7, 11) is 0. The molecule has 11 heteroatoms. The van der Waals surface area contributed by atoms with Crippen LogP contribution in [0, 0.1) is 6.92 Å². The summed E-state index contributed by atoms with van der Waals surface area (Å²) in [6.07, 6.45) is 1.72. The van der Waals surface area contributed by atoms with E-state index in [1.54, 1.807) is 18.2 Å². The number of rotatable bonds is 9. The zero-order valence-electron chi connectivity index (χ0n) is 16.9. The Bertz CT molecular complexity index is 1150. The van der Waals surface area contributed by atoms with Crippen LogP contribution in [-0.2, 0) is 17.9 Å². The number of anilines is 1. The largest absolute Gasteiger partial charge is 0.485 e. The molecule has 1 heterocycles. The first kappa shape index (κ1) is 24.7. The Morgan fingerprint density at radius 3 is 2.62 bits per heavy atom. The molecule has 0 fully saturated rings. The predicted octanol–water partition coefficient (Wildman–Crippen LogP) is 6.70. The highest BCUT2D eigenvalue weighted by Crippen LogP contribution is 2.32. The minimum absolute atomic E-state index is 0.0863. The molecular weight excluding hydrogens is 514 g/mol. The van der Waals surface area contributed by atoms with Crippen molar-refractivity contribution in [2.45, 2.75) is 25.2 Å². The van der Waals surface area contributed by atoms with Gasteiger partial charge in [-0.2, -0.15) is 0 Å². The van der Waals surface area contributed by atoms with Crippen LogP contribution in [0.1, 0.15) is 11.4 Å². The number of hydrogen-bond acceptors (Lipinski definition) is 5. The molecule has 0 radical (unpaired) electrons. The zero-order chi connectivity index (χ0) is 23.3. The number of benzene rings is 2. The van der Waals surface area contributed by atoms with Crippen LogP contribution >= 0.6 is 58.2 Å². The highest BCUT2D eigenvalue weighted by Gasteiger charge is 2.16. The molecule has 0 saturated heterocycles. The van der Waals surface area contributed by atoms with Crippen LogP contribution in [0.4, 0.5) is 5.69 Å². The third-order valence-electron chi connectivity index (χ3n) is 4.22. The summed E-state index contributed by atoms with van der Waals surface area (Å²) in [4.78, 5) is 12.4. The van der Waals surface area contributed by atoms with Gasteiger partial charge in [0.25, 0.3) is 0 Å². The van der Waals surface area contributed by atoms with Crippen molar-refractivity contribution in [3.05, 3.63) is 74.5 Å². The van der Waals surface area contributed by atoms with Gasteiger partial charge in [0.1, 0.15) is 12.4 Å². The second kappa shape index (κ2) is 11.3. The monoisotopic (exact) mass is 530 g/mol. The van der Waals surface area contributed by atoms with Gasteiger partial charge in [-0.3, -0.25) is 9.36 Å². The third-order valence-corrected chi connectivity index (χ3v) is 6.45. The fraction of sp³-hybridized carbons (Fsp3) is 0.190. The molecule has 3 rings (SSSR count). The molecule has 0 aliphatic rings. The van der Waals surface area contributed by atoms with Gasteiger partial charge >= 0.3 is 0 Å². The Morgan fingerprint density at radius 1 is 1.16 bits per heavy atom. The van der Waals surface area contributed by atoms with E-state index in [1.165, 1.54) is 23.9 Å². The quantitative estimate of drug-likeness (QED) is 0.189. The number of carbonyl (C=O) groups is 1. The first-order valence-corrected chi connectivity index (χ1v) is 11.8. The maximum Gasteiger partial charge on any atom is 0.234 e. The van der Waals surface area contributed by atoms with E-state index in [-0.39, 0.29) is 18.3 Å². The van der Waals surface area contributed by atoms with Gasteiger partial charge < -0.3 is 10.1 Å². The molecule has 1 amide bonds. The number of nitrogens with one attached hydrogen (secondary N) is 1. The summed E-state index contributed by atoms with van der Waals surface area (Å²) in [6.45, 7) is 6.36. The first-order valence-electron chi connectivity index (χ1n) is 9.27. The minimum Gasteiger partial charge on any atom is -0.485 e. The Balaban J connectivity index is 1.65. The maximum atomic E-state index is 12.4. The molecule has 0 bridgehead atoms. The fourth-order valence-corrected chi connectivity index (χ4v) is 4.28. The number of hydrogen-bond donors (Lipinski definition) is 1. The van der Waals surface area contributed by atoms with Gasteiger partial charge in [-0.1, -0.05) is 64.2 Å². The highest BCUT2D eigenvalue weighted by atomic mass is 35.5. The van der Waals surface area contributed by atoms with E-state index in [4.69, 9.17) is 51.1 Å². The molecule has 0 saturated carbocycles. The molecule has 0 atom stereocenters. The van der Waals surface area contributed by atoms with Crippen molar-refractivity contribution in [3.63, 3.8) is 0 Å². The van der Waals surface area contributed by atoms with Crippen molar-refractivity contribution in [1.29, 1.82) is 0 Å². The Hall–Kier alpha value is -1.90. The number of aryl methyl sites for hydroxylation is 1. The van der Waals surface area contributed by atoms with E-state index < -0.39 is 0 Å². The lowest BCUT2D eigenvalue weighted by Crippen LogP contribution is -2.15. The second-order valence-electron chi connectivity index (χ2n) is 6.58. The van der Waals surface area contributed by atoms with Crippen LogP contribution in [0.5, 0.6) is 5.75 Å². The second-order valence-corrected chi connectivity index (χ2v) is 9.18. The van der Waals surface area contributed by atoms with Crippen molar-refractivity contribution in [3.8, 4) is 5.75 Å². The van der Waals surface area contributed by atoms with Gasteiger partial charge in [-0.15, -0.1) is 16.8 Å². The lowest BCUT2D eigenvalue weighted by atomic mass is 10.2. The number of ether oxygens (including phenoxy) is 1. The number of amides is 1. The molecule has 0 spiro atoms. The Kier molecular flexibility index (Phi) is 8.73. The van der Waals surface area contributed by atoms with Crippen molar-refractivity contribution in [2.24, 2.45) is 0 Å². The van der Waals surface area contributed by atoms with Gasteiger partial charge in [0.2, 0.25) is 5.91 Å². The Morgan fingerprint density at radius 2 is 1.91 bits per heavy atom. The number of carbonyl (C=O) groups excluding carboxylic acids is 1. The molecule has 0 aliphatic heterocycles. The van der Waals surface area contributed by atoms with E-state index in [2.05, 4.69) is 22.1 Å². The maximum absolute atomic E-state index is 12.4. The third kappa shape index (κ3) is 6.33. The number of aromatic nitrogens is 3. The van der Waals surface area contributed by atoms with Crippen molar-refractivity contribution in [2.75, 3.05) is 11.1 Å². The van der Waals surface area contributed by atoms with Crippen molar-refractivity contribution in [1.82, 2.24) is 14.8 Å². The van der Waals surface area contributed by atoms with Crippen LogP contribution in [0.25, 0.3) is 0 Å². The molecule has 32 heavy (non-hydrogen) atoms. The van der Waals surface area contributed by atoms with Crippen molar-refractivity contribution >= 4 is 69.8 Å². The number of nitrogens with zero attached hydrogens (tertiary/aromatic N) is 3. The van der Waals surface area contributed by atoms with E-state index >= 15 is 0 Å². The summed E-state index contributed by atoms with van der Waals surface area (Å²) in [6, 6.07) is 8.37. The van der Waals surface area contributed by atoms with E-state index in [0.717, 1.165) is 5.56 Å². The normalized spacial score (nSPS) is 10.8. The van der Waals surface area contributed by atoms with Gasteiger partial charge in [-0.05, 0) is 42.8 Å². The van der Waals surface area contributed by atoms with E-state index in [0.29, 0.717) is 49.1 Å². The van der Waals surface area contributed by atoms with E-state index in [9.17, 15) is 4.79 Å². The molecular formula is C21H18Cl4N4O2S. The van der Waals surface area contributed by atoms with Crippen LogP contribution < -0.4 is 10.1 Å². The van der Waals surface area contributed by atoms with Crippen LogP contribution in [0.3, 0.4) is 0 Å². The van der Waals surface area contributed by atoms with Gasteiger partial charge in [0, 0.05) is 11.6 Å². The summed E-state index contributed by atoms with van der Waals surface area (Å²) in [5, 5.41) is 13.2. The summed E-state index contributed by atoms with van der Waals surface area (Å²) in [5.74, 6) is 1.12. The summed E-state index contributed by atoms with van der Waals surface area (Å²) < 4.78 is 7.71. The predicted molar refractivity (Wildman–Crippen MR) is 132 cm³/mol. The lowest BCUT2D eigenvalue weighted by molar-refractivity contribution is -0.113. The molecule has 0 aliphatic carbocycles. The van der Waals surface area contributed by atoms with E-state index in [1.807, 2.05) is 17.6 Å². The SMILES string of the molecule is C=CCn1c(COc2ccc(Cl)cc2C)nnc1SCC(=O)Nc1cc(Cl)c(Cl)cc1Cl. The topological polar surface area (TPSA) is 69.0 Å². The standard InChI is InChI=1S/C21H18Cl4N4O2S/c1-3-6-29-19(10-31-18-5-4-13(22)7-12(18)2)27-28-21(29)32-11-20(30)26-17-9-15(24)14(23)8-16(17)25/h3-5,7-9H,1,6,10-11H2,2H3,(H,26,30). The average molecular weight is 532 g/mol. The number of allylic oxidation sites excluding steroid dienone is 1. The van der Waals surface area contributed by atoms with Gasteiger partial charge in [-0.25, -0.2) is 0 Å². The fourth-order valence-electron chi connectivity index (χ4n) is 2.70. The van der Waals surface area contributed by atoms with Crippen LogP contribution in [0.2, 0.25) is 20.1 Å². The molecule has 2 aromatic carbocycles. The van der Waals surface area contributed by atoms with Gasteiger partial charge in [0.05, 0.1) is 26.5 Å². The van der Waals surface area contributed by atoms with Crippen LogP contribution in [-0.4, -0.2) is 26.4 Å². The Labute approximate surface area is 209 Å². The van der Waals surface area contributed by atoms with Crippen molar-refractivity contribution < 1.29 is 9.53 Å². The first-order chi connectivity index (χ1) is 15.3. The summed E-state index contributed by atoms with van der Waals surface area (Å²) in [5.41, 5.74) is 1.30. The smallest absolute Gasteiger partial charge is 0.234 e. The molecule has 168 valence electrons. The number of thioether (sulfide) groups is 1. The zero-order valence-corrected chi connectivity index (χ0v) is 20.7. The molecule has 1 aromatic heterocycles. The summed E-state index contributed by atoms with van der Waals surface area (Å²) >= 11 is 25.2. The minimum atomic E-state index is -0.280. The number of halogens is 4. The van der Waals surface area contributed by atoms with Crippen LogP contribution in [0.15, 0.2) is 48.1 Å².